The molecular formula is C10H15ClN2. The second-order valence-corrected chi connectivity index (χ2v) is 3.26. The van der Waals surface area contributed by atoms with Gasteiger partial charge in [-0.15, -0.1) is 12.4 Å². The van der Waals surface area contributed by atoms with Crippen LogP contribution in [-0.2, 0) is 0 Å². The number of hydrogen-bond donors (Lipinski definition) is 1. The first-order chi connectivity index (χ1) is 5.88. The summed E-state index contributed by atoms with van der Waals surface area (Å²) in [5.74, 6) is 0. The van der Waals surface area contributed by atoms with Crippen molar-refractivity contribution >= 4 is 18.1 Å². The fourth-order valence-corrected chi connectivity index (χ4v) is 1.42. The fraction of sp³-hybridized carbons (Fsp3) is 0.400. The van der Waals surface area contributed by atoms with Crippen LogP contribution in [0.2, 0.25) is 0 Å². The van der Waals surface area contributed by atoms with E-state index in [0.717, 1.165) is 13.1 Å². The molecule has 1 heterocycles. The highest BCUT2D eigenvalue weighted by Crippen LogP contribution is 2.15. The van der Waals surface area contributed by atoms with Crippen LogP contribution in [-0.4, -0.2) is 26.2 Å². The summed E-state index contributed by atoms with van der Waals surface area (Å²) in [5.41, 5.74) is 1.31. The molecule has 0 aliphatic carbocycles. The number of rotatable bonds is 2. The van der Waals surface area contributed by atoms with Crippen molar-refractivity contribution in [3.63, 3.8) is 0 Å². The third-order valence-corrected chi connectivity index (χ3v) is 2.47. The number of anilines is 1. The summed E-state index contributed by atoms with van der Waals surface area (Å²) in [6, 6.07) is 11.2. The molecule has 1 fully saturated rings. The zero-order valence-electron chi connectivity index (χ0n) is 7.73. The first-order valence-electron chi connectivity index (χ1n) is 4.36. The quantitative estimate of drug-likeness (QED) is 0.775. The van der Waals surface area contributed by atoms with E-state index < -0.39 is 0 Å². The maximum atomic E-state index is 3.27. The van der Waals surface area contributed by atoms with E-state index in [-0.39, 0.29) is 12.4 Å². The maximum absolute atomic E-state index is 3.27. The largest absolute Gasteiger partial charge is 0.369 e. The molecule has 3 heteroatoms. The number of likely N-dealkylation sites (N-methyl/N-ethyl adjacent to an activating group) is 1. The Labute approximate surface area is 85.3 Å². The van der Waals surface area contributed by atoms with E-state index in [0.29, 0.717) is 6.04 Å². The lowest BCUT2D eigenvalue weighted by atomic mass is 10.1. The summed E-state index contributed by atoms with van der Waals surface area (Å²) >= 11 is 0. The maximum Gasteiger partial charge on any atom is 0.0535 e. The molecule has 1 aromatic rings. The van der Waals surface area contributed by atoms with E-state index in [4.69, 9.17) is 0 Å². The number of para-hydroxylation sites is 1. The van der Waals surface area contributed by atoms with Crippen molar-refractivity contribution in [3.8, 4) is 0 Å². The topological polar surface area (TPSA) is 15.3 Å². The number of nitrogens with one attached hydrogen (secondary N) is 1. The Kier molecular flexibility index (Phi) is 3.58. The average Bonchev–Trinajstić information content (AvgIpc) is 2.03. The molecule has 1 N–H and O–H groups in total. The van der Waals surface area contributed by atoms with Crippen LogP contribution in [0.15, 0.2) is 30.3 Å². The molecule has 0 saturated carbocycles. The van der Waals surface area contributed by atoms with Gasteiger partial charge >= 0.3 is 0 Å². The lowest BCUT2D eigenvalue weighted by Crippen LogP contribution is -2.56. The molecule has 0 unspecified atom stereocenters. The van der Waals surface area contributed by atoms with Crippen LogP contribution >= 0.6 is 12.4 Å². The zero-order chi connectivity index (χ0) is 8.39. The van der Waals surface area contributed by atoms with Gasteiger partial charge < -0.3 is 10.2 Å². The molecule has 1 aliphatic rings. The molecule has 0 spiro atoms. The van der Waals surface area contributed by atoms with Gasteiger partial charge in [0.25, 0.3) is 0 Å². The summed E-state index contributed by atoms with van der Waals surface area (Å²) in [5, 5.41) is 3.27. The highest BCUT2D eigenvalue weighted by atomic mass is 35.5. The van der Waals surface area contributed by atoms with Crippen LogP contribution in [0.25, 0.3) is 0 Å². The van der Waals surface area contributed by atoms with Crippen LogP contribution in [0.5, 0.6) is 0 Å². The second-order valence-electron chi connectivity index (χ2n) is 3.26. The average molecular weight is 199 g/mol. The molecule has 1 aliphatic heterocycles. The van der Waals surface area contributed by atoms with Gasteiger partial charge in [-0.2, -0.15) is 0 Å². The Balaban J connectivity index is 0.000000845. The van der Waals surface area contributed by atoms with Gasteiger partial charge in [0.05, 0.1) is 6.04 Å². The van der Waals surface area contributed by atoms with Gasteiger partial charge in [-0.1, -0.05) is 18.2 Å². The van der Waals surface area contributed by atoms with Crippen molar-refractivity contribution in [1.29, 1.82) is 0 Å². The Bertz CT molecular complexity index is 246. The van der Waals surface area contributed by atoms with Crippen molar-refractivity contribution in [3.05, 3.63) is 30.3 Å². The van der Waals surface area contributed by atoms with E-state index in [1.54, 1.807) is 0 Å². The van der Waals surface area contributed by atoms with Gasteiger partial charge in [-0.05, 0) is 12.1 Å². The Morgan fingerprint density at radius 3 is 2.31 bits per heavy atom. The minimum absolute atomic E-state index is 0. The number of hydrogen-bond acceptors (Lipinski definition) is 2. The van der Waals surface area contributed by atoms with Crippen LogP contribution in [0.4, 0.5) is 5.69 Å². The van der Waals surface area contributed by atoms with Gasteiger partial charge in [0.2, 0.25) is 0 Å². The predicted molar refractivity (Wildman–Crippen MR) is 58.8 cm³/mol. The van der Waals surface area contributed by atoms with Crippen LogP contribution < -0.4 is 10.2 Å². The molecule has 13 heavy (non-hydrogen) atoms. The molecule has 1 aromatic carbocycles. The van der Waals surface area contributed by atoms with Crippen LogP contribution in [0, 0.1) is 0 Å². The Morgan fingerprint density at radius 2 is 1.85 bits per heavy atom. The van der Waals surface area contributed by atoms with Crippen molar-refractivity contribution in [2.24, 2.45) is 0 Å². The van der Waals surface area contributed by atoms with Crippen LogP contribution in [0.3, 0.4) is 0 Å². The van der Waals surface area contributed by atoms with Crippen molar-refractivity contribution in [1.82, 2.24) is 5.32 Å². The zero-order valence-corrected chi connectivity index (χ0v) is 8.55. The number of nitrogens with zero attached hydrogens (tertiary/aromatic N) is 1. The van der Waals surface area contributed by atoms with Crippen LogP contribution in [0.1, 0.15) is 0 Å². The summed E-state index contributed by atoms with van der Waals surface area (Å²) in [4.78, 5) is 2.33. The SMILES string of the molecule is CN(c1ccccc1)C1CNC1.Cl. The lowest BCUT2D eigenvalue weighted by Gasteiger charge is -2.37. The van der Waals surface area contributed by atoms with Gasteiger partial charge in [0.15, 0.2) is 0 Å². The van der Waals surface area contributed by atoms with E-state index in [2.05, 4.69) is 47.6 Å². The lowest BCUT2D eigenvalue weighted by molar-refractivity contribution is 0.429. The molecule has 0 amide bonds. The summed E-state index contributed by atoms with van der Waals surface area (Å²) in [6.07, 6.45) is 0. The van der Waals surface area contributed by atoms with Gasteiger partial charge in [-0.3, -0.25) is 0 Å². The van der Waals surface area contributed by atoms with E-state index in [9.17, 15) is 0 Å². The minimum atomic E-state index is 0. The van der Waals surface area contributed by atoms with Crippen molar-refractivity contribution in [2.75, 3.05) is 25.0 Å². The molecule has 0 radical (unpaired) electrons. The standard InChI is InChI=1S/C10H14N2.ClH/c1-12(10-7-11-8-10)9-5-3-2-4-6-9;/h2-6,10-11H,7-8H2,1H3;1H. The molecule has 0 bridgehead atoms. The first kappa shape index (κ1) is 10.4. The summed E-state index contributed by atoms with van der Waals surface area (Å²) in [6.45, 7) is 2.23. The molecule has 2 nitrogen and oxygen atoms in total. The molecule has 0 atom stereocenters. The molecule has 0 aromatic heterocycles. The normalized spacial score (nSPS) is 15.8. The second kappa shape index (κ2) is 4.49. The third kappa shape index (κ3) is 2.14. The molecular weight excluding hydrogens is 184 g/mol. The first-order valence-corrected chi connectivity index (χ1v) is 4.36. The van der Waals surface area contributed by atoms with Crippen molar-refractivity contribution in [2.45, 2.75) is 6.04 Å². The minimum Gasteiger partial charge on any atom is -0.369 e. The van der Waals surface area contributed by atoms with E-state index in [1.807, 2.05) is 0 Å². The predicted octanol–water partition coefficient (Wildman–Crippen LogP) is 1.52. The van der Waals surface area contributed by atoms with E-state index >= 15 is 0 Å². The van der Waals surface area contributed by atoms with Gasteiger partial charge in [0.1, 0.15) is 0 Å². The van der Waals surface area contributed by atoms with E-state index in [1.165, 1.54) is 5.69 Å². The van der Waals surface area contributed by atoms with Gasteiger partial charge in [0, 0.05) is 25.8 Å². The highest BCUT2D eigenvalue weighted by molar-refractivity contribution is 5.85. The Hall–Kier alpha value is -0.730. The number of halogens is 1. The third-order valence-electron chi connectivity index (χ3n) is 2.47. The van der Waals surface area contributed by atoms with Gasteiger partial charge in [-0.25, -0.2) is 0 Å². The Morgan fingerprint density at radius 1 is 1.23 bits per heavy atom. The molecule has 72 valence electrons. The molecule has 2 rings (SSSR count). The number of benzene rings is 1. The fourth-order valence-electron chi connectivity index (χ4n) is 1.42. The molecule has 1 saturated heterocycles. The smallest absolute Gasteiger partial charge is 0.0535 e. The van der Waals surface area contributed by atoms with Crippen molar-refractivity contribution < 1.29 is 0 Å². The summed E-state index contributed by atoms with van der Waals surface area (Å²) in [7, 11) is 2.15. The monoisotopic (exact) mass is 198 g/mol. The summed E-state index contributed by atoms with van der Waals surface area (Å²) < 4.78 is 0. The highest BCUT2D eigenvalue weighted by Gasteiger charge is 2.21.